The molecule has 2 aromatic heterocycles. The van der Waals surface area contributed by atoms with Crippen molar-refractivity contribution in [2.24, 2.45) is 0 Å². The highest BCUT2D eigenvalue weighted by Gasteiger charge is 2.15. The third-order valence-electron chi connectivity index (χ3n) is 11.3. The van der Waals surface area contributed by atoms with E-state index < -0.39 is 0 Å². The fraction of sp³-hybridized carbons (Fsp3) is 0. The lowest BCUT2D eigenvalue weighted by Crippen LogP contribution is -2.00. The summed E-state index contributed by atoms with van der Waals surface area (Å²) >= 11 is 0. The molecule has 4 nitrogen and oxygen atoms in total. The molecule has 0 unspecified atom stereocenters. The highest BCUT2D eigenvalue weighted by Crippen LogP contribution is 2.36. The molecule has 0 fully saturated rings. The van der Waals surface area contributed by atoms with Gasteiger partial charge < -0.3 is 4.57 Å². The number of para-hydroxylation sites is 1. The number of rotatable bonds is 7. The Morgan fingerprint density at radius 3 is 1.08 bits per heavy atom. The molecule has 0 saturated carbocycles. The van der Waals surface area contributed by atoms with Crippen LogP contribution < -0.4 is 0 Å². The quantitative estimate of drug-likeness (QED) is 0.163. The van der Waals surface area contributed by atoms with E-state index in [9.17, 15) is 0 Å². The Labute approximate surface area is 342 Å². The lowest BCUT2D eigenvalue weighted by Gasteiger charge is -2.11. The molecule has 0 N–H and O–H groups in total. The van der Waals surface area contributed by atoms with E-state index in [2.05, 4.69) is 211 Å². The minimum absolute atomic E-state index is 0.630. The second-order valence-electron chi connectivity index (χ2n) is 14.9. The minimum atomic E-state index is 0.630. The van der Waals surface area contributed by atoms with Crippen LogP contribution in [0.1, 0.15) is 0 Å². The predicted molar refractivity (Wildman–Crippen MR) is 244 cm³/mol. The molecule has 11 aromatic rings. The largest absolute Gasteiger partial charge is 0.309 e. The molecule has 0 radical (unpaired) electrons. The van der Waals surface area contributed by atoms with E-state index in [0.717, 1.165) is 44.6 Å². The zero-order valence-electron chi connectivity index (χ0n) is 32.1. The van der Waals surface area contributed by atoms with Crippen LogP contribution in [0.5, 0.6) is 0 Å². The van der Waals surface area contributed by atoms with Crippen molar-refractivity contribution in [3.63, 3.8) is 0 Å². The van der Waals surface area contributed by atoms with Crippen molar-refractivity contribution >= 4 is 32.6 Å². The SMILES string of the molecule is c1ccc(-c2ccc(-c3nc(-c4ccc(-c5ccccc5)cc4)nc(-c4ccc(-c5ccc(-n6c7ccccc7c7cc8ccccc8cc76)cc5)cc4)n3)cc2)cc1. The van der Waals surface area contributed by atoms with Crippen LogP contribution in [0.15, 0.2) is 218 Å². The van der Waals surface area contributed by atoms with Crippen LogP contribution in [0, 0.1) is 0 Å². The maximum absolute atomic E-state index is 5.05. The number of hydrogen-bond donors (Lipinski definition) is 0. The molecular weight excluding hydrogens is 717 g/mol. The van der Waals surface area contributed by atoms with Crippen LogP contribution >= 0.6 is 0 Å². The van der Waals surface area contributed by atoms with Gasteiger partial charge in [0.15, 0.2) is 17.5 Å². The Balaban J connectivity index is 0.938. The normalized spacial score (nSPS) is 11.4. The van der Waals surface area contributed by atoms with Crippen molar-refractivity contribution in [1.29, 1.82) is 0 Å². The molecule has 0 aliphatic carbocycles. The lowest BCUT2D eigenvalue weighted by molar-refractivity contribution is 1.07. The van der Waals surface area contributed by atoms with Crippen molar-refractivity contribution in [2.75, 3.05) is 0 Å². The fourth-order valence-corrected chi connectivity index (χ4v) is 8.20. The maximum Gasteiger partial charge on any atom is 0.164 e. The van der Waals surface area contributed by atoms with Crippen molar-refractivity contribution in [1.82, 2.24) is 19.5 Å². The molecule has 0 bridgehead atoms. The second-order valence-corrected chi connectivity index (χ2v) is 14.9. The monoisotopic (exact) mass is 752 g/mol. The van der Waals surface area contributed by atoms with Gasteiger partial charge in [0.25, 0.3) is 0 Å². The molecular formula is C55H36N4. The van der Waals surface area contributed by atoms with Gasteiger partial charge in [-0.15, -0.1) is 0 Å². The summed E-state index contributed by atoms with van der Waals surface area (Å²) in [6, 6.07) is 77.0. The van der Waals surface area contributed by atoms with Crippen molar-refractivity contribution in [3.8, 4) is 73.2 Å². The fourth-order valence-electron chi connectivity index (χ4n) is 8.20. The van der Waals surface area contributed by atoms with Gasteiger partial charge in [-0.1, -0.05) is 188 Å². The summed E-state index contributed by atoms with van der Waals surface area (Å²) in [7, 11) is 0. The topological polar surface area (TPSA) is 43.6 Å². The van der Waals surface area contributed by atoms with Gasteiger partial charge in [0.2, 0.25) is 0 Å². The highest BCUT2D eigenvalue weighted by molar-refractivity contribution is 6.13. The van der Waals surface area contributed by atoms with Crippen molar-refractivity contribution < 1.29 is 0 Å². The summed E-state index contributed by atoms with van der Waals surface area (Å²) in [6.45, 7) is 0. The van der Waals surface area contributed by atoms with E-state index in [1.807, 2.05) is 12.1 Å². The number of fused-ring (bicyclic) bond motifs is 4. The molecule has 0 amide bonds. The smallest absolute Gasteiger partial charge is 0.164 e. The Bertz CT molecular complexity index is 3160. The highest BCUT2D eigenvalue weighted by atomic mass is 15.0. The number of nitrogens with zero attached hydrogens (tertiary/aromatic N) is 4. The van der Waals surface area contributed by atoms with Crippen LogP contribution in [-0.4, -0.2) is 19.5 Å². The molecule has 59 heavy (non-hydrogen) atoms. The van der Waals surface area contributed by atoms with E-state index in [4.69, 9.17) is 15.0 Å². The second kappa shape index (κ2) is 14.5. The summed E-state index contributed by atoms with van der Waals surface area (Å²) in [5, 5.41) is 5.00. The molecule has 9 aromatic carbocycles. The van der Waals surface area contributed by atoms with Gasteiger partial charge in [-0.3, -0.25) is 0 Å². The number of hydrogen-bond acceptors (Lipinski definition) is 3. The summed E-state index contributed by atoms with van der Waals surface area (Å²) in [4.78, 5) is 15.1. The molecule has 2 heterocycles. The standard InChI is InChI=1S/C55H36N4/c1-3-11-37(12-4-1)39-19-25-43(26-20-39)53-56-54(44-27-21-40(22-28-44)38-13-5-2-6-14-38)58-55(57-53)45-29-23-41(24-30-45)42-31-33-48(34-32-42)59-51-18-10-9-17-49(51)50-35-46-15-7-8-16-47(46)36-52(50)59/h1-36H. The van der Waals surface area contributed by atoms with Crippen molar-refractivity contribution in [2.45, 2.75) is 0 Å². The molecule has 0 aliphatic rings. The van der Waals surface area contributed by atoms with Crippen LogP contribution in [0.25, 0.3) is 106 Å². The predicted octanol–water partition coefficient (Wildman–Crippen LogP) is 14.1. The molecule has 0 spiro atoms. The van der Waals surface area contributed by atoms with Gasteiger partial charge >= 0.3 is 0 Å². The first-order valence-corrected chi connectivity index (χ1v) is 19.9. The van der Waals surface area contributed by atoms with Gasteiger partial charge in [-0.2, -0.15) is 0 Å². The Morgan fingerprint density at radius 1 is 0.254 bits per heavy atom. The Morgan fingerprint density at radius 2 is 0.610 bits per heavy atom. The summed E-state index contributed by atoms with van der Waals surface area (Å²) in [5.41, 5.74) is 13.2. The van der Waals surface area contributed by atoms with E-state index in [1.54, 1.807) is 0 Å². The Kier molecular flexibility index (Phi) is 8.45. The van der Waals surface area contributed by atoms with Gasteiger partial charge in [-0.25, -0.2) is 15.0 Å². The van der Waals surface area contributed by atoms with Gasteiger partial charge in [0.05, 0.1) is 11.0 Å². The summed E-state index contributed by atoms with van der Waals surface area (Å²) < 4.78 is 2.38. The molecule has 0 atom stereocenters. The number of aromatic nitrogens is 4. The Hall–Kier alpha value is -7.95. The van der Waals surface area contributed by atoms with E-state index in [0.29, 0.717) is 17.5 Å². The van der Waals surface area contributed by atoms with Crippen LogP contribution in [0.4, 0.5) is 0 Å². The summed E-state index contributed by atoms with van der Waals surface area (Å²) in [6.07, 6.45) is 0. The maximum atomic E-state index is 5.05. The average molecular weight is 753 g/mol. The zero-order valence-corrected chi connectivity index (χ0v) is 32.1. The van der Waals surface area contributed by atoms with E-state index in [1.165, 1.54) is 43.7 Å². The summed E-state index contributed by atoms with van der Waals surface area (Å²) in [5.74, 6) is 1.90. The molecule has 0 saturated heterocycles. The molecule has 11 rings (SSSR count). The van der Waals surface area contributed by atoms with E-state index in [-0.39, 0.29) is 0 Å². The van der Waals surface area contributed by atoms with Crippen LogP contribution in [0.2, 0.25) is 0 Å². The molecule has 0 aliphatic heterocycles. The first-order valence-electron chi connectivity index (χ1n) is 19.9. The minimum Gasteiger partial charge on any atom is -0.309 e. The first kappa shape index (κ1) is 34.3. The lowest BCUT2D eigenvalue weighted by atomic mass is 10.0. The first-order chi connectivity index (χ1) is 29.2. The van der Waals surface area contributed by atoms with Crippen molar-refractivity contribution in [3.05, 3.63) is 218 Å². The van der Waals surface area contributed by atoms with Crippen LogP contribution in [-0.2, 0) is 0 Å². The van der Waals surface area contributed by atoms with E-state index >= 15 is 0 Å². The van der Waals surface area contributed by atoms with Gasteiger partial charge in [0.1, 0.15) is 0 Å². The third-order valence-corrected chi connectivity index (χ3v) is 11.3. The zero-order chi connectivity index (χ0) is 39.1. The molecule has 4 heteroatoms. The third kappa shape index (κ3) is 6.43. The average Bonchev–Trinajstić information content (AvgIpc) is 3.64. The molecule has 276 valence electrons. The van der Waals surface area contributed by atoms with Gasteiger partial charge in [0, 0.05) is 33.2 Å². The van der Waals surface area contributed by atoms with Gasteiger partial charge in [-0.05, 0) is 74.5 Å². The number of benzene rings is 9. The van der Waals surface area contributed by atoms with Crippen LogP contribution in [0.3, 0.4) is 0 Å².